The molecule has 2 aromatic rings. The fourth-order valence-corrected chi connectivity index (χ4v) is 3.76. The zero-order valence-corrected chi connectivity index (χ0v) is 16.4. The van der Waals surface area contributed by atoms with E-state index in [1.165, 1.54) is 5.56 Å². The van der Waals surface area contributed by atoms with E-state index >= 15 is 0 Å². The number of hydrogen-bond donors (Lipinski definition) is 1. The zero-order valence-electron chi connectivity index (χ0n) is 16.4. The van der Waals surface area contributed by atoms with Gasteiger partial charge in [-0.3, -0.25) is 9.59 Å². The molecule has 2 amide bonds. The second kappa shape index (κ2) is 8.38. The van der Waals surface area contributed by atoms with Crippen LogP contribution in [0.15, 0.2) is 42.5 Å². The maximum Gasteiger partial charge on any atom is 0.254 e. The smallest absolute Gasteiger partial charge is 0.254 e. The Labute approximate surface area is 161 Å². The van der Waals surface area contributed by atoms with Crippen molar-refractivity contribution in [3.8, 4) is 11.1 Å². The lowest BCUT2D eigenvalue weighted by atomic mass is 9.97. The fourth-order valence-electron chi connectivity index (χ4n) is 3.76. The molecule has 1 aliphatic rings. The number of amides is 2. The summed E-state index contributed by atoms with van der Waals surface area (Å²) in [6.45, 7) is 7.31. The number of aryl methyl sites for hydroxylation is 1. The largest absolute Gasteiger partial charge is 0.354 e. The predicted octanol–water partition coefficient (Wildman–Crippen LogP) is 3.97. The average Bonchev–Trinajstić information content (AvgIpc) is 3.15. The number of nitrogens with zero attached hydrogens (tertiary/aromatic N) is 1. The van der Waals surface area contributed by atoms with Crippen molar-refractivity contribution in [2.75, 3.05) is 13.1 Å². The van der Waals surface area contributed by atoms with Crippen LogP contribution in [0.5, 0.6) is 0 Å². The maximum absolute atomic E-state index is 12.6. The molecule has 1 saturated heterocycles. The summed E-state index contributed by atoms with van der Waals surface area (Å²) in [5, 5.41) is 2.91. The topological polar surface area (TPSA) is 49.4 Å². The minimum absolute atomic E-state index is 0.00170. The molecular formula is C23H28N2O2. The Morgan fingerprint density at radius 3 is 2.26 bits per heavy atom. The molecule has 0 bridgehead atoms. The molecule has 27 heavy (non-hydrogen) atoms. The number of rotatable bonds is 5. The van der Waals surface area contributed by atoms with Gasteiger partial charge < -0.3 is 10.2 Å². The van der Waals surface area contributed by atoms with Crippen molar-refractivity contribution < 1.29 is 9.59 Å². The van der Waals surface area contributed by atoms with Crippen molar-refractivity contribution in [2.45, 2.75) is 46.1 Å². The van der Waals surface area contributed by atoms with Gasteiger partial charge in [-0.05, 0) is 61.4 Å². The lowest BCUT2D eigenvalue weighted by molar-refractivity contribution is -0.119. The summed E-state index contributed by atoms with van der Waals surface area (Å²) < 4.78 is 0. The number of nitrogens with one attached hydrogen (secondary N) is 1. The van der Waals surface area contributed by atoms with Gasteiger partial charge in [0.25, 0.3) is 5.91 Å². The summed E-state index contributed by atoms with van der Waals surface area (Å²) in [7, 11) is 0. The second-order valence-corrected chi connectivity index (χ2v) is 7.53. The van der Waals surface area contributed by atoms with Gasteiger partial charge in [-0.25, -0.2) is 0 Å². The maximum atomic E-state index is 12.6. The summed E-state index contributed by atoms with van der Waals surface area (Å²) in [6.07, 6.45) is 3.02. The molecule has 0 aromatic heterocycles. The molecule has 0 spiro atoms. The van der Waals surface area contributed by atoms with Crippen LogP contribution in [0.1, 0.15) is 48.2 Å². The summed E-state index contributed by atoms with van der Waals surface area (Å²) in [5.74, 6) is 0.150. The molecule has 142 valence electrons. The molecule has 0 radical (unpaired) electrons. The van der Waals surface area contributed by atoms with Gasteiger partial charge in [0.1, 0.15) is 0 Å². The van der Waals surface area contributed by atoms with Gasteiger partial charge in [0.05, 0.1) is 0 Å². The normalized spacial score (nSPS) is 14.9. The van der Waals surface area contributed by atoms with Crippen LogP contribution in [0.25, 0.3) is 11.1 Å². The van der Waals surface area contributed by atoms with Crippen LogP contribution in [0.3, 0.4) is 0 Å². The molecule has 4 nitrogen and oxygen atoms in total. The third-order valence-electron chi connectivity index (χ3n) is 5.13. The van der Waals surface area contributed by atoms with Gasteiger partial charge in [-0.1, -0.05) is 36.4 Å². The molecule has 1 fully saturated rings. The molecule has 1 aliphatic heterocycles. The second-order valence-electron chi connectivity index (χ2n) is 7.53. The van der Waals surface area contributed by atoms with Gasteiger partial charge in [0, 0.05) is 31.6 Å². The Hall–Kier alpha value is -2.62. The first-order valence-corrected chi connectivity index (χ1v) is 9.70. The Morgan fingerprint density at radius 2 is 1.67 bits per heavy atom. The van der Waals surface area contributed by atoms with Gasteiger partial charge in [-0.2, -0.15) is 0 Å². The quantitative estimate of drug-likeness (QED) is 0.873. The van der Waals surface area contributed by atoms with E-state index in [0.717, 1.165) is 54.6 Å². The average molecular weight is 364 g/mol. The van der Waals surface area contributed by atoms with E-state index in [0.29, 0.717) is 0 Å². The molecule has 1 unspecified atom stereocenters. The monoisotopic (exact) mass is 364 g/mol. The van der Waals surface area contributed by atoms with Gasteiger partial charge in [-0.15, -0.1) is 0 Å². The number of carbonyl (C=O) groups excluding carboxylic acids is 2. The van der Waals surface area contributed by atoms with Crippen molar-refractivity contribution in [3.63, 3.8) is 0 Å². The van der Waals surface area contributed by atoms with E-state index in [-0.39, 0.29) is 17.9 Å². The highest BCUT2D eigenvalue weighted by atomic mass is 16.2. The molecule has 1 N–H and O–H groups in total. The van der Waals surface area contributed by atoms with E-state index in [4.69, 9.17) is 0 Å². The minimum Gasteiger partial charge on any atom is -0.354 e. The van der Waals surface area contributed by atoms with Crippen molar-refractivity contribution in [1.29, 1.82) is 0 Å². The Bertz CT molecular complexity index is 821. The van der Waals surface area contributed by atoms with Crippen LogP contribution in [-0.4, -0.2) is 35.8 Å². The first kappa shape index (κ1) is 19.2. The number of carbonyl (C=O) groups is 2. The minimum atomic E-state index is -0.00170. The molecular weight excluding hydrogens is 336 g/mol. The molecule has 2 aromatic carbocycles. The Morgan fingerprint density at radius 1 is 1.04 bits per heavy atom. The van der Waals surface area contributed by atoms with Gasteiger partial charge in [0.15, 0.2) is 0 Å². The SMILES string of the molecule is CC(=O)NC(C)Cc1ccc(-c2ccc(C(=O)N3CCCC3)c(C)c2)cc1. The lowest BCUT2D eigenvalue weighted by Crippen LogP contribution is -2.31. The van der Waals surface area contributed by atoms with Crippen molar-refractivity contribution in [2.24, 2.45) is 0 Å². The molecule has 0 aliphatic carbocycles. The predicted molar refractivity (Wildman–Crippen MR) is 109 cm³/mol. The Balaban J connectivity index is 1.72. The molecule has 0 saturated carbocycles. The third kappa shape index (κ3) is 4.76. The fraction of sp³-hybridized carbons (Fsp3) is 0.391. The highest BCUT2D eigenvalue weighted by molar-refractivity contribution is 5.96. The van der Waals surface area contributed by atoms with Crippen LogP contribution < -0.4 is 5.32 Å². The van der Waals surface area contributed by atoms with Gasteiger partial charge >= 0.3 is 0 Å². The molecule has 3 rings (SSSR count). The standard InChI is InChI=1S/C23H28N2O2/c1-16-14-21(10-11-22(16)23(27)25-12-4-5-13-25)20-8-6-19(7-9-20)15-17(2)24-18(3)26/h6-11,14,17H,4-5,12-13,15H2,1-3H3,(H,24,26). The summed E-state index contributed by atoms with van der Waals surface area (Å²) in [4.78, 5) is 25.7. The highest BCUT2D eigenvalue weighted by Gasteiger charge is 2.20. The third-order valence-corrected chi connectivity index (χ3v) is 5.13. The molecule has 4 heteroatoms. The number of likely N-dealkylation sites (tertiary alicyclic amines) is 1. The van der Waals surface area contributed by atoms with Crippen LogP contribution in [0, 0.1) is 6.92 Å². The zero-order chi connectivity index (χ0) is 19.4. The Kier molecular flexibility index (Phi) is 5.94. The van der Waals surface area contributed by atoms with Crippen LogP contribution in [0.4, 0.5) is 0 Å². The first-order valence-electron chi connectivity index (χ1n) is 9.70. The highest BCUT2D eigenvalue weighted by Crippen LogP contribution is 2.24. The van der Waals surface area contributed by atoms with Crippen LogP contribution in [0.2, 0.25) is 0 Å². The summed E-state index contributed by atoms with van der Waals surface area (Å²) in [6, 6.07) is 14.6. The van der Waals surface area contributed by atoms with Crippen molar-refractivity contribution in [1.82, 2.24) is 10.2 Å². The molecule has 1 heterocycles. The molecule has 1 atom stereocenters. The van der Waals surface area contributed by atoms with E-state index in [1.54, 1.807) is 6.92 Å². The lowest BCUT2D eigenvalue weighted by Gasteiger charge is -2.17. The van der Waals surface area contributed by atoms with Crippen molar-refractivity contribution in [3.05, 3.63) is 59.2 Å². The van der Waals surface area contributed by atoms with Crippen LogP contribution >= 0.6 is 0 Å². The first-order chi connectivity index (χ1) is 12.9. The number of benzene rings is 2. The van der Waals surface area contributed by atoms with E-state index in [2.05, 4.69) is 35.6 Å². The van der Waals surface area contributed by atoms with Crippen LogP contribution in [-0.2, 0) is 11.2 Å². The van der Waals surface area contributed by atoms with Gasteiger partial charge in [0.2, 0.25) is 5.91 Å². The summed E-state index contributed by atoms with van der Waals surface area (Å²) >= 11 is 0. The van der Waals surface area contributed by atoms with E-state index < -0.39 is 0 Å². The van der Waals surface area contributed by atoms with E-state index in [1.807, 2.05) is 30.9 Å². The summed E-state index contributed by atoms with van der Waals surface area (Å²) in [5.41, 5.74) is 5.27. The number of hydrogen-bond acceptors (Lipinski definition) is 2. The van der Waals surface area contributed by atoms with Crippen molar-refractivity contribution >= 4 is 11.8 Å². The van der Waals surface area contributed by atoms with E-state index in [9.17, 15) is 9.59 Å².